The van der Waals surface area contributed by atoms with Crippen LogP contribution in [-0.4, -0.2) is 19.4 Å². The van der Waals surface area contributed by atoms with Crippen LogP contribution in [0.5, 0.6) is 5.75 Å². The minimum atomic E-state index is -2.04. The molecular formula is C14H21IO3Si. The zero-order valence-corrected chi connectivity index (χ0v) is 15.5. The van der Waals surface area contributed by atoms with Gasteiger partial charge in [0.15, 0.2) is 0 Å². The summed E-state index contributed by atoms with van der Waals surface area (Å²) in [6, 6.07) is 3.63. The van der Waals surface area contributed by atoms with Gasteiger partial charge >= 0.3 is 5.97 Å². The zero-order chi connectivity index (χ0) is 15.0. The lowest BCUT2D eigenvalue weighted by Crippen LogP contribution is -2.44. The second kappa shape index (κ2) is 5.44. The summed E-state index contributed by atoms with van der Waals surface area (Å²) in [5.41, 5.74) is 1.19. The Morgan fingerprint density at radius 2 is 1.84 bits per heavy atom. The number of aromatic carboxylic acids is 1. The molecule has 1 rings (SSSR count). The fourth-order valence-electron chi connectivity index (χ4n) is 1.40. The summed E-state index contributed by atoms with van der Waals surface area (Å²) < 4.78 is 7.06. The Bertz CT molecular complexity index is 504. The molecule has 0 heterocycles. The van der Waals surface area contributed by atoms with E-state index in [0.717, 1.165) is 9.13 Å². The predicted octanol–water partition coefficient (Wildman–Crippen LogP) is 4.68. The van der Waals surface area contributed by atoms with Gasteiger partial charge in [-0.2, -0.15) is 0 Å². The first-order valence-electron chi connectivity index (χ1n) is 6.18. The van der Waals surface area contributed by atoms with Crippen LogP contribution in [0.25, 0.3) is 0 Å². The van der Waals surface area contributed by atoms with E-state index in [1.165, 1.54) is 0 Å². The van der Waals surface area contributed by atoms with Crippen LogP contribution in [-0.2, 0) is 0 Å². The molecule has 0 atom stereocenters. The molecule has 0 amide bonds. The van der Waals surface area contributed by atoms with Crippen molar-refractivity contribution in [1.82, 2.24) is 0 Å². The molecule has 0 aliphatic heterocycles. The molecule has 0 aromatic heterocycles. The lowest BCUT2D eigenvalue weighted by atomic mass is 10.1. The molecule has 1 N–H and O–H groups in total. The van der Waals surface area contributed by atoms with Gasteiger partial charge < -0.3 is 9.53 Å². The van der Waals surface area contributed by atoms with Gasteiger partial charge in [0.05, 0.1) is 3.57 Å². The van der Waals surface area contributed by atoms with Gasteiger partial charge in [-0.15, -0.1) is 0 Å². The van der Waals surface area contributed by atoms with E-state index in [4.69, 9.17) is 4.43 Å². The lowest BCUT2D eigenvalue weighted by Gasteiger charge is -2.37. The maximum Gasteiger partial charge on any atom is 0.339 e. The Morgan fingerprint density at radius 1 is 1.32 bits per heavy atom. The first-order valence-corrected chi connectivity index (χ1v) is 10.2. The van der Waals surface area contributed by atoms with Gasteiger partial charge in [0.1, 0.15) is 11.3 Å². The molecule has 3 nitrogen and oxygen atoms in total. The number of rotatable bonds is 3. The van der Waals surface area contributed by atoms with Crippen LogP contribution in [0.15, 0.2) is 12.1 Å². The molecular weight excluding hydrogens is 371 g/mol. The van der Waals surface area contributed by atoms with E-state index < -0.39 is 14.3 Å². The first kappa shape index (κ1) is 16.5. The molecule has 0 saturated heterocycles. The average Bonchev–Trinajstić information content (AvgIpc) is 2.19. The number of carbonyl (C=O) groups is 1. The Labute approximate surface area is 129 Å². The van der Waals surface area contributed by atoms with Crippen molar-refractivity contribution in [2.75, 3.05) is 0 Å². The number of halogens is 1. The van der Waals surface area contributed by atoms with E-state index in [1.54, 1.807) is 6.07 Å². The van der Waals surface area contributed by atoms with E-state index in [9.17, 15) is 9.90 Å². The van der Waals surface area contributed by atoms with Crippen molar-refractivity contribution < 1.29 is 14.3 Å². The van der Waals surface area contributed by atoms with Crippen molar-refractivity contribution >= 4 is 36.9 Å². The maximum absolute atomic E-state index is 11.4. The van der Waals surface area contributed by atoms with Crippen LogP contribution in [0.1, 0.15) is 36.7 Å². The molecule has 1 aromatic rings. The summed E-state index contributed by atoms with van der Waals surface area (Å²) >= 11 is 2.15. The van der Waals surface area contributed by atoms with Gasteiger partial charge in [-0.3, -0.25) is 0 Å². The number of carboxylic acids is 1. The monoisotopic (exact) mass is 392 g/mol. The van der Waals surface area contributed by atoms with Gasteiger partial charge in [0.2, 0.25) is 0 Å². The number of aryl methyl sites for hydroxylation is 1. The van der Waals surface area contributed by atoms with E-state index in [-0.39, 0.29) is 10.6 Å². The molecule has 0 aliphatic carbocycles. The summed E-state index contributed by atoms with van der Waals surface area (Å²) in [7, 11) is -2.04. The molecule has 0 aliphatic rings. The SMILES string of the molecule is Cc1cc(I)c(O[Si](C)(C)C(C)(C)C)c(C(=O)O)c1. The number of carboxylic acid groups (broad SMARTS) is 1. The third-order valence-corrected chi connectivity index (χ3v) is 8.71. The highest BCUT2D eigenvalue weighted by molar-refractivity contribution is 14.1. The van der Waals surface area contributed by atoms with Gasteiger partial charge in [0.25, 0.3) is 8.32 Å². The Morgan fingerprint density at radius 3 is 2.26 bits per heavy atom. The van der Waals surface area contributed by atoms with Gasteiger partial charge in [-0.05, 0) is 65.3 Å². The molecule has 5 heteroatoms. The van der Waals surface area contributed by atoms with Crippen LogP contribution >= 0.6 is 22.6 Å². The molecule has 1 aromatic carbocycles. The largest absolute Gasteiger partial charge is 0.542 e. The van der Waals surface area contributed by atoms with Crippen LogP contribution in [0, 0.1) is 10.5 Å². The molecule has 0 radical (unpaired) electrons. The van der Waals surface area contributed by atoms with E-state index in [1.807, 2.05) is 13.0 Å². The van der Waals surface area contributed by atoms with Crippen molar-refractivity contribution in [3.63, 3.8) is 0 Å². The molecule has 19 heavy (non-hydrogen) atoms. The molecule has 0 spiro atoms. The Kier molecular flexibility index (Phi) is 4.72. The van der Waals surface area contributed by atoms with E-state index in [0.29, 0.717) is 5.75 Å². The number of hydrogen-bond donors (Lipinski definition) is 1. The molecule has 106 valence electrons. The molecule has 0 bridgehead atoms. The maximum atomic E-state index is 11.4. The van der Waals surface area contributed by atoms with Crippen molar-refractivity contribution in [1.29, 1.82) is 0 Å². The highest BCUT2D eigenvalue weighted by Gasteiger charge is 2.40. The van der Waals surface area contributed by atoms with Crippen LogP contribution in [0.3, 0.4) is 0 Å². The third-order valence-electron chi connectivity index (χ3n) is 3.58. The number of benzene rings is 1. The second-order valence-corrected chi connectivity index (χ2v) is 12.2. The molecule has 0 fully saturated rings. The predicted molar refractivity (Wildman–Crippen MR) is 88.7 cm³/mol. The standard InChI is InChI=1S/C14H21IO3Si/c1-9-7-10(13(16)17)12(11(15)8-9)18-19(5,6)14(2,3)4/h7-8H,1-6H3,(H,16,17). The normalized spacial score (nSPS) is 12.4. The topological polar surface area (TPSA) is 46.5 Å². The van der Waals surface area contributed by atoms with Crippen LogP contribution in [0.4, 0.5) is 0 Å². The third kappa shape index (κ3) is 3.72. The van der Waals surface area contributed by atoms with Crippen molar-refractivity contribution in [2.24, 2.45) is 0 Å². The summed E-state index contributed by atoms with van der Waals surface area (Å²) in [6.07, 6.45) is 0. The van der Waals surface area contributed by atoms with Gasteiger partial charge in [-0.25, -0.2) is 4.79 Å². The lowest BCUT2D eigenvalue weighted by molar-refractivity contribution is 0.0694. The zero-order valence-electron chi connectivity index (χ0n) is 12.3. The van der Waals surface area contributed by atoms with E-state index >= 15 is 0 Å². The number of hydrogen-bond acceptors (Lipinski definition) is 2. The van der Waals surface area contributed by atoms with Crippen molar-refractivity contribution in [3.05, 3.63) is 26.8 Å². The summed E-state index contributed by atoms with van der Waals surface area (Å²) in [4.78, 5) is 11.4. The fourth-order valence-corrected chi connectivity index (χ4v) is 3.54. The minimum absolute atomic E-state index is 0.0384. The average molecular weight is 392 g/mol. The van der Waals surface area contributed by atoms with Gasteiger partial charge in [-0.1, -0.05) is 20.8 Å². The molecule has 0 unspecified atom stereocenters. The smallest absolute Gasteiger partial charge is 0.339 e. The second-order valence-electron chi connectivity index (χ2n) is 6.29. The first-order chi connectivity index (χ1) is 8.45. The van der Waals surface area contributed by atoms with Crippen LogP contribution < -0.4 is 4.43 Å². The van der Waals surface area contributed by atoms with Crippen molar-refractivity contribution in [2.45, 2.75) is 45.8 Å². The van der Waals surface area contributed by atoms with Crippen molar-refractivity contribution in [3.8, 4) is 5.75 Å². The Hall–Kier alpha value is -0.563. The van der Waals surface area contributed by atoms with E-state index in [2.05, 4.69) is 56.5 Å². The highest BCUT2D eigenvalue weighted by Crippen LogP contribution is 2.39. The summed E-state index contributed by atoms with van der Waals surface area (Å²) in [5.74, 6) is -0.416. The molecule has 0 saturated carbocycles. The summed E-state index contributed by atoms with van der Waals surface area (Å²) in [6.45, 7) is 12.6. The van der Waals surface area contributed by atoms with Gasteiger partial charge in [0, 0.05) is 0 Å². The highest BCUT2D eigenvalue weighted by atomic mass is 127. The van der Waals surface area contributed by atoms with Crippen LogP contribution in [0.2, 0.25) is 18.1 Å². The quantitative estimate of drug-likeness (QED) is 0.600. The fraction of sp³-hybridized carbons (Fsp3) is 0.500. The Balaban J connectivity index is 3.32. The minimum Gasteiger partial charge on any atom is -0.542 e. The summed E-state index contributed by atoms with van der Waals surface area (Å²) in [5, 5.41) is 9.38.